The van der Waals surface area contributed by atoms with Gasteiger partial charge in [-0.25, -0.2) is 4.98 Å². The minimum Gasteiger partial charge on any atom is -0.350 e. The molecule has 0 aliphatic carbocycles. The number of nitrogens with one attached hydrogen (secondary N) is 3. The fourth-order valence-corrected chi connectivity index (χ4v) is 4.59. The molecule has 1 aromatic heterocycles. The van der Waals surface area contributed by atoms with Crippen LogP contribution < -0.4 is 16.2 Å². The molecule has 37 heavy (non-hydrogen) atoms. The van der Waals surface area contributed by atoms with Crippen LogP contribution in [0.15, 0.2) is 47.4 Å². The van der Waals surface area contributed by atoms with E-state index in [0.29, 0.717) is 35.4 Å². The molecule has 0 fully saturated rings. The van der Waals surface area contributed by atoms with Crippen molar-refractivity contribution in [3.8, 4) is 0 Å². The maximum atomic E-state index is 13.0. The summed E-state index contributed by atoms with van der Waals surface area (Å²) in [4.78, 5) is 59.0. The second-order valence-corrected chi connectivity index (χ2v) is 10.1. The van der Waals surface area contributed by atoms with E-state index in [2.05, 4.69) is 20.6 Å². The van der Waals surface area contributed by atoms with Crippen molar-refractivity contribution in [3.63, 3.8) is 0 Å². The number of carbonyl (C=O) groups is 3. The third kappa shape index (κ3) is 5.94. The average Bonchev–Trinajstić information content (AvgIpc) is 3.08. The van der Waals surface area contributed by atoms with Gasteiger partial charge in [-0.1, -0.05) is 38.1 Å². The smallest absolute Gasteiger partial charge is 0.261 e. The van der Waals surface area contributed by atoms with Gasteiger partial charge in [0.15, 0.2) is 0 Å². The fourth-order valence-electron chi connectivity index (χ4n) is 4.59. The SMILES string of the molecule is Cc1ncc(CNC(=O)[C@H](CC(C)C)N[C@H](C)CCN2C(=O)c3cc4ccccc4cc3C2=O)c(=O)[nH]1. The molecule has 1 aliphatic rings. The van der Waals surface area contributed by atoms with Gasteiger partial charge in [-0.15, -0.1) is 0 Å². The first-order valence-corrected chi connectivity index (χ1v) is 12.6. The molecule has 9 heteroatoms. The van der Waals surface area contributed by atoms with E-state index in [4.69, 9.17) is 0 Å². The van der Waals surface area contributed by atoms with Gasteiger partial charge in [-0.05, 0) is 55.5 Å². The van der Waals surface area contributed by atoms with E-state index in [1.807, 2.05) is 45.0 Å². The molecule has 0 saturated heterocycles. The van der Waals surface area contributed by atoms with Crippen LogP contribution in [0.1, 0.15) is 65.7 Å². The Morgan fingerprint density at radius 2 is 1.65 bits per heavy atom. The first-order valence-electron chi connectivity index (χ1n) is 12.6. The molecule has 1 aliphatic heterocycles. The molecule has 3 aromatic rings. The third-order valence-corrected chi connectivity index (χ3v) is 6.59. The number of nitrogens with zero attached hydrogens (tertiary/aromatic N) is 2. The lowest BCUT2D eigenvalue weighted by Crippen LogP contribution is -2.49. The van der Waals surface area contributed by atoms with Crippen LogP contribution >= 0.6 is 0 Å². The largest absolute Gasteiger partial charge is 0.350 e. The summed E-state index contributed by atoms with van der Waals surface area (Å²) in [6, 6.07) is 10.6. The number of aromatic nitrogens is 2. The maximum absolute atomic E-state index is 13.0. The standard InChI is InChI=1S/C28H33N5O4/c1-16(2)11-24(26(35)30-15-21-14-29-18(4)32-25(21)34)31-17(3)9-10-33-27(36)22-12-19-7-5-6-8-20(19)13-23(22)28(33)37/h5-8,12-14,16-17,24,31H,9-11,15H2,1-4H3,(H,30,35)(H,29,32,34)/t17-,24+/m1/s1. The van der Waals surface area contributed by atoms with E-state index in [0.717, 1.165) is 10.8 Å². The highest BCUT2D eigenvalue weighted by atomic mass is 16.2. The number of benzene rings is 2. The molecular formula is C28H33N5O4. The fraction of sp³-hybridized carbons (Fsp3) is 0.393. The Labute approximate surface area is 215 Å². The molecule has 9 nitrogen and oxygen atoms in total. The Morgan fingerprint density at radius 1 is 1.03 bits per heavy atom. The highest BCUT2D eigenvalue weighted by molar-refractivity contribution is 6.23. The topological polar surface area (TPSA) is 124 Å². The van der Waals surface area contributed by atoms with E-state index >= 15 is 0 Å². The summed E-state index contributed by atoms with van der Waals surface area (Å²) in [7, 11) is 0. The molecule has 2 heterocycles. The summed E-state index contributed by atoms with van der Waals surface area (Å²) in [5, 5.41) is 8.02. The summed E-state index contributed by atoms with van der Waals surface area (Å²) >= 11 is 0. The lowest BCUT2D eigenvalue weighted by atomic mass is 10.0. The van der Waals surface area contributed by atoms with Crippen molar-refractivity contribution in [2.75, 3.05) is 6.54 Å². The molecule has 3 N–H and O–H groups in total. The Hall–Kier alpha value is -3.85. The normalized spacial score (nSPS) is 14.8. The molecule has 0 saturated carbocycles. The van der Waals surface area contributed by atoms with Gasteiger partial charge in [0.2, 0.25) is 5.91 Å². The molecule has 3 amide bonds. The first-order chi connectivity index (χ1) is 17.6. The van der Waals surface area contributed by atoms with E-state index < -0.39 is 6.04 Å². The first kappa shape index (κ1) is 26.2. The van der Waals surface area contributed by atoms with Crippen LogP contribution in [0.5, 0.6) is 0 Å². The van der Waals surface area contributed by atoms with Crippen molar-refractivity contribution in [1.29, 1.82) is 0 Å². The Balaban J connectivity index is 1.37. The van der Waals surface area contributed by atoms with Crippen LogP contribution in [0.3, 0.4) is 0 Å². The van der Waals surface area contributed by atoms with Gasteiger partial charge >= 0.3 is 0 Å². The van der Waals surface area contributed by atoms with Gasteiger partial charge in [-0.3, -0.25) is 24.1 Å². The van der Waals surface area contributed by atoms with Crippen molar-refractivity contribution in [3.05, 3.63) is 75.5 Å². The Kier molecular flexibility index (Phi) is 7.83. The second kappa shape index (κ2) is 11.0. The van der Waals surface area contributed by atoms with Crippen molar-refractivity contribution >= 4 is 28.5 Å². The number of amides is 3. The predicted molar refractivity (Wildman–Crippen MR) is 141 cm³/mol. The molecule has 2 aromatic carbocycles. The molecule has 0 bridgehead atoms. The summed E-state index contributed by atoms with van der Waals surface area (Å²) in [6.07, 6.45) is 2.56. The molecule has 194 valence electrons. The molecule has 0 radical (unpaired) electrons. The lowest BCUT2D eigenvalue weighted by Gasteiger charge is -2.25. The van der Waals surface area contributed by atoms with Crippen LogP contribution in [0.2, 0.25) is 0 Å². The minimum absolute atomic E-state index is 0.0789. The van der Waals surface area contributed by atoms with Crippen molar-refractivity contribution < 1.29 is 14.4 Å². The number of aryl methyl sites for hydroxylation is 1. The number of aromatic amines is 1. The number of rotatable bonds is 10. The van der Waals surface area contributed by atoms with E-state index in [1.54, 1.807) is 19.1 Å². The number of H-pyrrole nitrogens is 1. The summed E-state index contributed by atoms with van der Waals surface area (Å²) in [6.45, 7) is 8.01. The lowest BCUT2D eigenvalue weighted by molar-refractivity contribution is -0.124. The van der Waals surface area contributed by atoms with Crippen molar-refractivity contribution in [2.45, 2.75) is 59.2 Å². The maximum Gasteiger partial charge on any atom is 0.261 e. The summed E-state index contributed by atoms with van der Waals surface area (Å²) < 4.78 is 0. The van der Waals surface area contributed by atoms with E-state index in [-0.39, 0.29) is 48.3 Å². The number of hydrogen-bond donors (Lipinski definition) is 3. The number of fused-ring (bicyclic) bond motifs is 2. The average molecular weight is 504 g/mol. The van der Waals surface area contributed by atoms with Gasteiger partial charge in [0.25, 0.3) is 17.4 Å². The number of imide groups is 1. The summed E-state index contributed by atoms with van der Waals surface area (Å²) in [5.74, 6) is -0.0180. The minimum atomic E-state index is -0.486. The van der Waals surface area contributed by atoms with Crippen molar-refractivity contribution in [2.24, 2.45) is 5.92 Å². The van der Waals surface area contributed by atoms with E-state index in [1.165, 1.54) is 11.1 Å². The van der Waals surface area contributed by atoms with Crippen LogP contribution in [-0.2, 0) is 11.3 Å². The molecular weight excluding hydrogens is 470 g/mol. The highest BCUT2D eigenvalue weighted by Gasteiger charge is 2.35. The van der Waals surface area contributed by atoms with E-state index in [9.17, 15) is 19.2 Å². The van der Waals surface area contributed by atoms with Gasteiger partial charge in [0, 0.05) is 25.3 Å². The molecule has 0 unspecified atom stereocenters. The van der Waals surface area contributed by atoms with Crippen LogP contribution in [0, 0.1) is 12.8 Å². The summed E-state index contributed by atoms with van der Waals surface area (Å²) in [5.41, 5.74) is 0.973. The molecule has 4 rings (SSSR count). The number of hydrogen-bond acceptors (Lipinski definition) is 6. The van der Waals surface area contributed by atoms with Gasteiger partial charge in [0.05, 0.1) is 22.7 Å². The molecule has 0 spiro atoms. The van der Waals surface area contributed by atoms with Gasteiger partial charge < -0.3 is 15.6 Å². The quantitative estimate of drug-likeness (QED) is 0.366. The van der Waals surface area contributed by atoms with Crippen LogP contribution in [-0.4, -0.2) is 51.2 Å². The zero-order valence-corrected chi connectivity index (χ0v) is 21.6. The zero-order valence-electron chi connectivity index (χ0n) is 21.6. The third-order valence-electron chi connectivity index (χ3n) is 6.59. The molecule has 2 atom stereocenters. The predicted octanol–water partition coefficient (Wildman–Crippen LogP) is 2.93. The highest BCUT2D eigenvalue weighted by Crippen LogP contribution is 2.28. The number of carbonyl (C=O) groups excluding carboxylic acids is 3. The second-order valence-electron chi connectivity index (χ2n) is 10.1. The van der Waals surface area contributed by atoms with Crippen LogP contribution in [0.4, 0.5) is 0 Å². The van der Waals surface area contributed by atoms with Crippen LogP contribution in [0.25, 0.3) is 10.8 Å². The Bertz CT molecular complexity index is 1340. The van der Waals surface area contributed by atoms with Crippen molar-refractivity contribution in [1.82, 2.24) is 25.5 Å². The zero-order chi connectivity index (χ0) is 26.7. The van der Waals surface area contributed by atoms with Gasteiger partial charge in [0.1, 0.15) is 5.82 Å². The Morgan fingerprint density at radius 3 is 2.22 bits per heavy atom. The monoisotopic (exact) mass is 503 g/mol. The van der Waals surface area contributed by atoms with Gasteiger partial charge in [-0.2, -0.15) is 0 Å².